The number of nitrogens with two attached hydrogens (primary N) is 1. The molecule has 3 nitrogen and oxygen atoms in total. The first-order valence-electron chi connectivity index (χ1n) is 7.56. The van der Waals surface area contributed by atoms with Crippen molar-refractivity contribution in [1.29, 1.82) is 0 Å². The molecule has 0 unspecified atom stereocenters. The topological polar surface area (TPSA) is 42.2 Å². The van der Waals surface area contributed by atoms with Crippen LogP contribution in [0.15, 0.2) is 18.5 Å². The van der Waals surface area contributed by atoms with E-state index in [1.165, 1.54) is 43.2 Å². The second-order valence-electron chi connectivity index (χ2n) is 5.87. The van der Waals surface area contributed by atoms with Gasteiger partial charge in [-0.1, -0.05) is 32.3 Å². The van der Waals surface area contributed by atoms with Gasteiger partial charge >= 0.3 is 0 Å². The predicted octanol–water partition coefficient (Wildman–Crippen LogP) is 2.87. The first kappa shape index (κ1) is 14.5. The van der Waals surface area contributed by atoms with Crippen LogP contribution < -0.4 is 5.73 Å². The molecule has 1 aromatic rings. The second-order valence-corrected chi connectivity index (χ2v) is 5.87. The lowest BCUT2D eigenvalue weighted by atomic mass is 9.80. The maximum Gasteiger partial charge on any atom is 0.0335 e. The van der Waals surface area contributed by atoms with Gasteiger partial charge in [-0.3, -0.25) is 9.88 Å². The Hall–Kier alpha value is -0.930. The molecule has 2 rings (SSSR count). The van der Waals surface area contributed by atoms with Gasteiger partial charge in [-0.2, -0.15) is 0 Å². The van der Waals surface area contributed by atoms with E-state index in [2.05, 4.69) is 29.8 Å². The highest BCUT2D eigenvalue weighted by molar-refractivity contribution is 5.17. The van der Waals surface area contributed by atoms with Gasteiger partial charge in [0.15, 0.2) is 0 Å². The van der Waals surface area contributed by atoms with Gasteiger partial charge in [0.2, 0.25) is 0 Å². The summed E-state index contributed by atoms with van der Waals surface area (Å²) in [4.78, 5) is 6.88. The fourth-order valence-electron chi connectivity index (χ4n) is 3.40. The van der Waals surface area contributed by atoms with Crippen molar-refractivity contribution in [1.82, 2.24) is 9.88 Å². The van der Waals surface area contributed by atoms with Crippen LogP contribution in [0.1, 0.15) is 50.2 Å². The number of hydrogen-bond acceptors (Lipinski definition) is 3. The Morgan fingerprint density at radius 3 is 2.58 bits per heavy atom. The number of nitrogens with zero attached hydrogens (tertiary/aromatic N) is 2. The molecular formula is C16H27N3. The molecule has 0 amide bonds. The van der Waals surface area contributed by atoms with Gasteiger partial charge in [-0.25, -0.2) is 0 Å². The molecule has 1 aromatic heterocycles. The van der Waals surface area contributed by atoms with E-state index in [9.17, 15) is 0 Å². The Morgan fingerprint density at radius 1 is 1.26 bits per heavy atom. The molecule has 106 valence electrons. The third kappa shape index (κ3) is 3.34. The van der Waals surface area contributed by atoms with E-state index in [1.807, 2.05) is 12.4 Å². The zero-order valence-corrected chi connectivity index (χ0v) is 12.4. The summed E-state index contributed by atoms with van der Waals surface area (Å²) in [7, 11) is 0. The van der Waals surface area contributed by atoms with Crippen LogP contribution in [-0.2, 0) is 6.54 Å². The molecule has 0 aliphatic heterocycles. The molecule has 0 saturated heterocycles. The molecule has 0 atom stereocenters. The van der Waals surface area contributed by atoms with E-state index in [-0.39, 0.29) is 5.54 Å². The Balaban J connectivity index is 2.14. The molecule has 1 aliphatic carbocycles. The van der Waals surface area contributed by atoms with Gasteiger partial charge in [0.05, 0.1) is 0 Å². The SMILES string of the molecule is CCN(Cc1cncc(C)c1)C1(CN)CCCCC1. The van der Waals surface area contributed by atoms with E-state index >= 15 is 0 Å². The van der Waals surface area contributed by atoms with Crippen molar-refractivity contribution in [2.45, 2.75) is 58.0 Å². The predicted molar refractivity (Wildman–Crippen MR) is 79.9 cm³/mol. The molecule has 19 heavy (non-hydrogen) atoms. The maximum absolute atomic E-state index is 6.14. The number of rotatable bonds is 5. The second kappa shape index (κ2) is 6.49. The summed E-state index contributed by atoms with van der Waals surface area (Å²) in [5.74, 6) is 0. The van der Waals surface area contributed by atoms with Crippen molar-refractivity contribution in [3.05, 3.63) is 29.6 Å². The number of likely N-dealkylation sites (N-methyl/N-ethyl adjacent to an activating group) is 1. The van der Waals surface area contributed by atoms with Crippen molar-refractivity contribution >= 4 is 0 Å². The van der Waals surface area contributed by atoms with Crippen LogP contribution in [0.25, 0.3) is 0 Å². The maximum atomic E-state index is 6.14. The molecule has 1 saturated carbocycles. The van der Waals surface area contributed by atoms with Crippen LogP contribution in [0.5, 0.6) is 0 Å². The number of pyridine rings is 1. The Morgan fingerprint density at radius 2 is 2.00 bits per heavy atom. The molecule has 1 aliphatic rings. The van der Waals surface area contributed by atoms with Crippen molar-refractivity contribution in [2.75, 3.05) is 13.1 Å². The standard InChI is InChI=1S/C16H27N3/c1-3-19(12-15-9-14(2)10-18-11-15)16(13-17)7-5-4-6-8-16/h9-11H,3-8,12-13,17H2,1-2H3. The summed E-state index contributed by atoms with van der Waals surface area (Å²) in [6.45, 7) is 7.16. The average molecular weight is 261 g/mol. The molecule has 0 aromatic carbocycles. The number of aromatic nitrogens is 1. The van der Waals surface area contributed by atoms with Crippen LogP contribution in [0, 0.1) is 6.92 Å². The zero-order chi connectivity index (χ0) is 13.7. The lowest BCUT2D eigenvalue weighted by molar-refractivity contribution is 0.0545. The minimum Gasteiger partial charge on any atom is -0.329 e. The first-order valence-corrected chi connectivity index (χ1v) is 7.56. The van der Waals surface area contributed by atoms with Crippen LogP contribution in [0.2, 0.25) is 0 Å². The highest BCUT2D eigenvalue weighted by Crippen LogP contribution is 2.33. The summed E-state index contributed by atoms with van der Waals surface area (Å²) >= 11 is 0. The Kier molecular flexibility index (Phi) is 4.94. The third-order valence-corrected chi connectivity index (χ3v) is 4.52. The summed E-state index contributed by atoms with van der Waals surface area (Å²) in [6, 6.07) is 2.24. The fraction of sp³-hybridized carbons (Fsp3) is 0.688. The highest BCUT2D eigenvalue weighted by Gasteiger charge is 2.35. The van der Waals surface area contributed by atoms with Crippen LogP contribution in [0.4, 0.5) is 0 Å². The fourth-order valence-corrected chi connectivity index (χ4v) is 3.40. The van der Waals surface area contributed by atoms with Gasteiger partial charge in [0, 0.05) is 31.0 Å². The molecule has 2 N–H and O–H groups in total. The molecular weight excluding hydrogens is 234 g/mol. The van der Waals surface area contributed by atoms with Crippen molar-refractivity contribution in [3.8, 4) is 0 Å². The highest BCUT2D eigenvalue weighted by atomic mass is 15.2. The monoisotopic (exact) mass is 261 g/mol. The van der Waals surface area contributed by atoms with E-state index in [4.69, 9.17) is 5.73 Å². The largest absolute Gasteiger partial charge is 0.329 e. The van der Waals surface area contributed by atoms with Gasteiger partial charge in [0.25, 0.3) is 0 Å². The normalized spacial score (nSPS) is 18.7. The summed E-state index contributed by atoms with van der Waals surface area (Å²) in [5, 5.41) is 0. The lowest BCUT2D eigenvalue weighted by Gasteiger charge is -2.45. The molecule has 1 heterocycles. The Labute approximate surface area is 117 Å². The van der Waals surface area contributed by atoms with Crippen molar-refractivity contribution < 1.29 is 0 Å². The quantitative estimate of drug-likeness (QED) is 0.886. The molecule has 1 fully saturated rings. The van der Waals surface area contributed by atoms with Crippen LogP contribution >= 0.6 is 0 Å². The molecule has 3 heteroatoms. The van der Waals surface area contributed by atoms with Gasteiger partial charge < -0.3 is 5.73 Å². The average Bonchev–Trinajstić information content (AvgIpc) is 2.45. The van der Waals surface area contributed by atoms with Crippen LogP contribution in [-0.4, -0.2) is 28.5 Å². The Bertz CT molecular complexity index is 397. The number of hydrogen-bond donors (Lipinski definition) is 1. The van der Waals surface area contributed by atoms with E-state index in [1.54, 1.807) is 0 Å². The summed E-state index contributed by atoms with van der Waals surface area (Å²) in [5.41, 5.74) is 8.90. The minimum absolute atomic E-state index is 0.219. The van der Waals surface area contributed by atoms with Crippen LogP contribution in [0.3, 0.4) is 0 Å². The summed E-state index contributed by atoms with van der Waals surface area (Å²) in [6.07, 6.45) is 10.4. The van der Waals surface area contributed by atoms with Crippen molar-refractivity contribution in [3.63, 3.8) is 0 Å². The van der Waals surface area contributed by atoms with E-state index < -0.39 is 0 Å². The van der Waals surface area contributed by atoms with E-state index in [0.29, 0.717) is 0 Å². The minimum atomic E-state index is 0.219. The van der Waals surface area contributed by atoms with Crippen molar-refractivity contribution in [2.24, 2.45) is 5.73 Å². The molecule has 0 spiro atoms. The summed E-state index contributed by atoms with van der Waals surface area (Å²) < 4.78 is 0. The lowest BCUT2D eigenvalue weighted by Crippen LogP contribution is -2.54. The molecule has 0 bridgehead atoms. The number of aryl methyl sites for hydroxylation is 1. The van der Waals surface area contributed by atoms with Gasteiger partial charge in [-0.05, 0) is 37.4 Å². The third-order valence-electron chi connectivity index (χ3n) is 4.52. The van der Waals surface area contributed by atoms with Gasteiger partial charge in [-0.15, -0.1) is 0 Å². The molecule has 0 radical (unpaired) electrons. The zero-order valence-electron chi connectivity index (χ0n) is 12.4. The van der Waals surface area contributed by atoms with Gasteiger partial charge in [0.1, 0.15) is 0 Å². The van der Waals surface area contributed by atoms with E-state index in [0.717, 1.165) is 19.6 Å². The first-order chi connectivity index (χ1) is 9.20. The smallest absolute Gasteiger partial charge is 0.0335 e.